The lowest BCUT2D eigenvalue weighted by molar-refractivity contribution is -0.120. The van der Waals surface area contributed by atoms with Crippen molar-refractivity contribution < 1.29 is 9.59 Å². The third-order valence-corrected chi connectivity index (χ3v) is 6.55. The van der Waals surface area contributed by atoms with Gasteiger partial charge in [-0.05, 0) is 56.2 Å². The number of anilines is 2. The van der Waals surface area contributed by atoms with E-state index in [4.69, 9.17) is 0 Å². The molecule has 146 valence electrons. The molecule has 1 heterocycles. The first-order valence-electron chi connectivity index (χ1n) is 10.7. The Balaban J connectivity index is 1.33. The molecule has 3 aliphatic rings. The Morgan fingerprint density at radius 3 is 2.26 bits per heavy atom. The topological polar surface area (TPSA) is 70.2 Å². The van der Waals surface area contributed by atoms with Crippen LogP contribution in [0.3, 0.4) is 0 Å². The van der Waals surface area contributed by atoms with Gasteiger partial charge in [0.1, 0.15) is 0 Å². The number of fused-ring (bicyclic) bond motifs is 1. The smallest absolute Gasteiger partial charge is 0.241 e. The second kappa shape index (κ2) is 8.42. The molecule has 3 N–H and O–H groups in total. The fourth-order valence-corrected chi connectivity index (χ4v) is 5.03. The van der Waals surface area contributed by atoms with Gasteiger partial charge in [0.15, 0.2) is 0 Å². The zero-order chi connectivity index (χ0) is 18.6. The van der Waals surface area contributed by atoms with Crippen molar-refractivity contribution >= 4 is 23.2 Å². The molecule has 2 saturated carbocycles. The fraction of sp³-hybridized carbons (Fsp3) is 0.636. The predicted molar refractivity (Wildman–Crippen MR) is 108 cm³/mol. The van der Waals surface area contributed by atoms with Crippen molar-refractivity contribution in [1.29, 1.82) is 0 Å². The van der Waals surface area contributed by atoms with Gasteiger partial charge in [0.05, 0.1) is 6.04 Å². The van der Waals surface area contributed by atoms with Crippen LogP contribution in [-0.4, -0.2) is 23.9 Å². The number of hydrogen-bond donors (Lipinski definition) is 3. The van der Waals surface area contributed by atoms with Crippen LogP contribution in [0.5, 0.6) is 0 Å². The Kier molecular flexibility index (Phi) is 5.77. The van der Waals surface area contributed by atoms with Gasteiger partial charge in [-0.3, -0.25) is 9.59 Å². The van der Waals surface area contributed by atoms with Crippen molar-refractivity contribution in [1.82, 2.24) is 5.32 Å². The van der Waals surface area contributed by atoms with E-state index < -0.39 is 0 Å². The van der Waals surface area contributed by atoms with Crippen LogP contribution >= 0.6 is 0 Å². The van der Waals surface area contributed by atoms with E-state index in [0.717, 1.165) is 43.5 Å². The summed E-state index contributed by atoms with van der Waals surface area (Å²) >= 11 is 0. The molecule has 0 aromatic heterocycles. The van der Waals surface area contributed by atoms with E-state index in [9.17, 15) is 9.59 Å². The number of benzene rings is 1. The summed E-state index contributed by atoms with van der Waals surface area (Å²) in [4.78, 5) is 25.1. The molecule has 0 radical (unpaired) electrons. The molecule has 2 amide bonds. The maximum absolute atomic E-state index is 12.7. The number of carbonyl (C=O) groups is 2. The predicted octanol–water partition coefficient (Wildman–Crippen LogP) is 4.06. The van der Waals surface area contributed by atoms with Gasteiger partial charge in [0, 0.05) is 23.3 Å². The minimum atomic E-state index is -0.0985. The number of nitrogens with one attached hydrogen (secondary N) is 3. The van der Waals surface area contributed by atoms with Crippen LogP contribution < -0.4 is 16.0 Å². The number of hydrogen-bond acceptors (Lipinski definition) is 3. The standard InChI is InChI=1S/C22H31N3O2/c26-21(15-7-2-1-3-8-15)23-17-10-6-11-18(14-17)24-22(27)20-13-16-9-4-5-12-19(16)25-20/h6,10-11,14-16,19-20,25H,1-5,7-9,12-13H2,(H,23,26)(H,24,27). The van der Waals surface area contributed by atoms with Crippen LogP contribution in [0, 0.1) is 11.8 Å². The van der Waals surface area contributed by atoms with Gasteiger partial charge >= 0.3 is 0 Å². The molecule has 4 rings (SSSR count). The molecular weight excluding hydrogens is 338 g/mol. The van der Waals surface area contributed by atoms with Crippen molar-refractivity contribution in [3.8, 4) is 0 Å². The van der Waals surface area contributed by atoms with Crippen LogP contribution in [-0.2, 0) is 9.59 Å². The third-order valence-electron chi connectivity index (χ3n) is 6.55. The Morgan fingerprint density at radius 1 is 0.852 bits per heavy atom. The first-order valence-corrected chi connectivity index (χ1v) is 10.7. The maximum atomic E-state index is 12.7. The van der Waals surface area contributed by atoms with Crippen molar-refractivity contribution in [3.05, 3.63) is 24.3 Å². The molecule has 3 unspecified atom stereocenters. The highest BCUT2D eigenvalue weighted by Crippen LogP contribution is 2.33. The highest BCUT2D eigenvalue weighted by Gasteiger charge is 2.38. The van der Waals surface area contributed by atoms with E-state index in [0.29, 0.717) is 12.0 Å². The lowest BCUT2D eigenvalue weighted by Crippen LogP contribution is -2.39. The second-order valence-corrected chi connectivity index (χ2v) is 8.50. The lowest BCUT2D eigenvalue weighted by atomic mass is 9.85. The van der Waals surface area contributed by atoms with E-state index in [1.165, 1.54) is 32.1 Å². The molecule has 5 heteroatoms. The SMILES string of the molecule is O=C(Nc1cccc(NC(=O)C2CC3CCCCC3N2)c1)C1CCCCC1. The van der Waals surface area contributed by atoms with Crippen LogP contribution in [0.1, 0.15) is 64.2 Å². The molecule has 0 spiro atoms. The van der Waals surface area contributed by atoms with Gasteiger partial charge in [0.2, 0.25) is 11.8 Å². The quantitative estimate of drug-likeness (QED) is 0.749. The fourth-order valence-electron chi connectivity index (χ4n) is 5.03. The molecule has 1 aliphatic heterocycles. The Bertz CT molecular complexity index is 670. The highest BCUT2D eigenvalue weighted by molar-refractivity contribution is 5.97. The Labute approximate surface area is 161 Å². The van der Waals surface area contributed by atoms with Crippen LogP contribution in [0.15, 0.2) is 24.3 Å². The van der Waals surface area contributed by atoms with Gasteiger partial charge < -0.3 is 16.0 Å². The van der Waals surface area contributed by atoms with Crippen LogP contribution in [0.25, 0.3) is 0 Å². The van der Waals surface area contributed by atoms with Crippen molar-refractivity contribution in [2.75, 3.05) is 10.6 Å². The Morgan fingerprint density at radius 2 is 1.52 bits per heavy atom. The summed E-state index contributed by atoms with van der Waals surface area (Å²) in [7, 11) is 0. The molecular formula is C22H31N3O2. The molecule has 1 aromatic rings. The van der Waals surface area contributed by atoms with Gasteiger partial charge in [-0.15, -0.1) is 0 Å². The summed E-state index contributed by atoms with van der Waals surface area (Å²) < 4.78 is 0. The van der Waals surface area contributed by atoms with E-state index in [1.807, 2.05) is 24.3 Å². The molecule has 1 aromatic carbocycles. The van der Waals surface area contributed by atoms with Crippen molar-refractivity contribution in [3.63, 3.8) is 0 Å². The summed E-state index contributed by atoms with van der Waals surface area (Å²) in [5.74, 6) is 0.929. The average Bonchev–Trinajstić information content (AvgIpc) is 3.13. The van der Waals surface area contributed by atoms with E-state index >= 15 is 0 Å². The van der Waals surface area contributed by atoms with Gasteiger partial charge in [-0.2, -0.15) is 0 Å². The van der Waals surface area contributed by atoms with Gasteiger partial charge in [0.25, 0.3) is 0 Å². The molecule has 2 aliphatic carbocycles. The summed E-state index contributed by atoms with van der Waals surface area (Å²) in [5.41, 5.74) is 1.51. The average molecular weight is 370 g/mol. The lowest BCUT2D eigenvalue weighted by Gasteiger charge is -2.24. The highest BCUT2D eigenvalue weighted by atomic mass is 16.2. The molecule has 3 atom stereocenters. The summed E-state index contributed by atoms with van der Waals surface area (Å²) in [5, 5.41) is 9.58. The number of rotatable bonds is 4. The van der Waals surface area contributed by atoms with Gasteiger partial charge in [-0.1, -0.05) is 38.2 Å². The largest absolute Gasteiger partial charge is 0.326 e. The third kappa shape index (κ3) is 4.52. The van der Waals surface area contributed by atoms with E-state index in [2.05, 4.69) is 16.0 Å². The molecule has 5 nitrogen and oxygen atoms in total. The number of amides is 2. The summed E-state index contributed by atoms with van der Waals surface area (Å²) in [6.07, 6.45) is 11.4. The first kappa shape index (κ1) is 18.5. The normalized spacial score (nSPS) is 28.4. The molecule has 3 fully saturated rings. The molecule has 1 saturated heterocycles. The second-order valence-electron chi connectivity index (χ2n) is 8.50. The van der Waals surface area contributed by atoms with Gasteiger partial charge in [-0.25, -0.2) is 0 Å². The Hall–Kier alpha value is -1.88. The summed E-state index contributed by atoms with van der Waals surface area (Å²) in [6, 6.07) is 7.93. The van der Waals surface area contributed by atoms with Crippen LogP contribution in [0.2, 0.25) is 0 Å². The zero-order valence-electron chi connectivity index (χ0n) is 16.0. The van der Waals surface area contributed by atoms with Crippen molar-refractivity contribution in [2.24, 2.45) is 11.8 Å². The van der Waals surface area contributed by atoms with Crippen LogP contribution in [0.4, 0.5) is 11.4 Å². The maximum Gasteiger partial charge on any atom is 0.241 e. The minimum Gasteiger partial charge on any atom is -0.326 e. The van der Waals surface area contributed by atoms with E-state index in [1.54, 1.807) is 0 Å². The minimum absolute atomic E-state index is 0.0418. The monoisotopic (exact) mass is 369 g/mol. The first-order chi connectivity index (χ1) is 13.2. The summed E-state index contributed by atoms with van der Waals surface area (Å²) in [6.45, 7) is 0. The molecule has 27 heavy (non-hydrogen) atoms. The van der Waals surface area contributed by atoms with E-state index in [-0.39, 0.29) is 23.8 Å². The number of carbonyl (C=O) groups excluding carboxylic acids is 2. The zero-order valence-corrected chi connectivity index (χ0v) is 16.0. The molecule has 0 bridgehead atoms. The van der Waals surface area contributed by atoms with Crippen molar-refractivity contribution in [2.45, 2.75) is 76.3 Å².